The van der Waals surface area contributed by atoms with Crippen LogP contribution in [0.1, 0.15) is 22.3 Å². The second-order valence-corrected chi connectivity index (χ2v) is 6.98. The summed E-state index contributed by atoms with van der Waals surface area (Å²) in [6, 6.07) is 17.7. The maximum absolute atomic E-state index is 11.9. The van der Waals surface area contributed by atoms with Gasteiger partial charge in [0, 0.05) is 30.3 Å². The van der Waals surface area contributed by atoms with Crippen LogP contribution in [0.25, 0.3) is 11.3 Å². The molecule has 3 aromatic rings. The van der Waals surface area contributed by atoms with Gasteiger partial charge in [0.05, 0.1) is 57.4 Å². The normalized spacial score (nSPS) is 9.54. The fourth-order valence-electron chi connectivity index (χ4n) is 3.08. The minimum Gasteiger partial charge on any atom is -0.497 e. The number of ether oxygens (including phenoxy) is 4. The van der Waals surface area contributed by atoms with Crippen molar-refractivity contribution >= 4 is 5.78 Å². The zero-order valence-corrected chi connectivity index (χ0v) is 19.8. The Morgan fingerprint density at radius 2 is 1.46 bits per heavy atom. The number of hydrogen-bond acceptors (Lipinski definition) is 8. The van der Waals surface area contributed by atoms with Gasteiger partial charge in [-0.15, -0.1) is 0 Å². The molecule has 0 aliphatic heterocycles. The Labute approximate surface area is 203 Å². The number of aromatic amines is 1. The molecule has 0 radical (unpaired) electrons. The van der Waals surface area contributed by atoms with Gasteiger partial charge in [0.25, 0.3) is 0 Å². The number of nitriles is 3. The quantitative estimate of drug-likeness (QED) is 0.472. The molecule has 0 saturated heterocycles. The lowest BCUT2D eigenvalue weighted by Gasteiger charge is -2.09. The molecule has 0 bridgehead atoms. The largest absolute Gasteiger partial charge is 0.497 e. The van der Waals surface area contributed by atoms with Crippen LogP contribution in [0, 0.1) is 39.9 Å². The van der Waals surface area contributed by atoms with Crippen LogP contribution in [0.4, 0.5) is 0 Å². The predicted octanol–water partition coefficient (Wildman–Crippen LogP) is 4.51. The maximum atomic E-state index is 11.9. The van der Waals surface area contributed by atoms with Gasteiger partial charge in [-0.25, -0.2) is 0 Å². The average Bonchev–Trinajstić information content (AvgIpc) is 3.40. The summed E-state index contributed by atoms with van der Waals surface area (Å²) < 4.78 is 20.5. The molecule has 9 heteroatoms. The highest BCUT2D eigenvalue weighted by molar-refractivity contribution is 5.99. The zero-order valence-electron chi connectivity index (χ0n) is 19.8. The van der Waals surface area contributed by atoms with Crippen molar-refractivity contribution in [2.75, 3.05) is 28.4 Å². The lowest BCUT2D eigenvalue weighted by Crippen LogP contribution is -2.07. The van der Waals surface area contributed by atoms with E-state index in [1.807, 2.05) is 18.2 Å². The monoisotopic (exact) mass is 472 g/mol. The standard InChI is InChI=1S/C13H12N2O3.C13H12N2O2/c1-17-10-3-4-11(13(6-10)18-2)12(16)5-9(7-14)8-15;1-16-10-3-4-11(13(6-10)17-2)12-5-9(7-14)8-15-12/h3-4,6,9H,5H2,1-2H3;3-6,8,15H,1-2H3. The lowest BCUT2D eigenvalue weighted by molar-refractivity contribution is 0.0973. The second kappa shape index (κ2) is 12.9. The molecule has 0 spiro atoms. The van der Waals surface area contributed by atoms with Crippen LogP contribution in [0.15, 0.2) is 48.7 Å². The van der Waals surface area contributed by atoms with Crippen molar-refractivity contribution in [1.29, 1.82) is 15.8 Å². The minimum absolute atomic E-state index is 0.143. The van der Waals surface area contributed by atoms with E-state index < -0.39 is 5.92 Å². The molecule has 178 valence electrons. The topological polar surface area (TPSA) is 141 Å². The Morgan fingerprint density at radius 1 is 0.857 bits per heavy atom. The highest BCUT2D eigenvalue weighted by Crippen LogP contribution is 2.32. The summed E-state index contributed by atoms with van der Waals surface area (Å²) in [6.45, 7) is 0. The Bertz CT molecular complexity index is 1280. The number of methoxy groups -OCH3 is 4. The van der Waals surface area contributed by atoms with Gasteiger partial charge in [-0.05, 0) is 30.3 Å². The van der Waals surface area contributed by atoms with Crippen LogP contribution in [-0.2, 0) is 0 Å². The molecule has 35 heavy (non-hydrogen) atoms. The van der Waals surface area contributed by atoms with Gasteiger partial charge >= 0.3 is 0 Å². The number of carbonyl (C=O) groups excluding carboxylic acids is 1. The van der Waals surface area contributed by atoms with Crippen molar-refractivity contribution in [3.8, 4) is 52.5 Å². The van der Waals surface area contributed by atoms with E-state index >= 15 is 0 Å². The number of benzene rings is 2. The molecule has 3 rings (SSSR count). The highest BCUT2D eigenvalue weighted by atomic mass is 16.5. The molecule has 0 aliphatic rings. The molecule has 0 aliphatic carbocycles. The van der Waals surface area contributed by atoms with Crippen molar-refractivity contribution < 1.29 is 23.7 Å². The fourth-order valence-corrected chi connectivity index (χ4v) is 3.08. The Hall–Kier alpha value is -4.94. The number of H-pyrrole nitrogens is 1. The van der Waals surface area contributed by atoms with Gasteiger partial charge in [-0.2, -0.15) is 15.8 Å². The average molecular weight is 473 g/mol. The molecule has 0 unspecified atom stereocenters. The first-order chi connectivity index (χ1) is 16.9. The van der Waals surface area contributed by atoms with E-state index in [2.05, 4.69) is 11.1 Å². The number of carbonyl (C=O) groups is 1. The summed E-state index contributed by atoms with van der Waals surface area (Å²) >= 11 is 0. The van der Waals surface area contributed by atoms with Crippen molar-refractivity contribution in [3.63, 3.8) is 0 Å². The molecule has 1 aromatic heterocycles. The van der Waals surface area contributed by atoms with Crippen molar-refractivity contribution in [1.82, 2.24) is 4.98 Å². The van der Waals surface area contributed by atoms with E-state index in [0.29, 0.717) is 28.4 Å². The van der Waals surface area contributed by atoms with Crippen molar-refractivity contribution in [2.45, 2.75) is 6.42 Å². The van der Waals surface area contributed by atoms with Gasteiger partial charge in [-0.1, -0.05) is 0 Å². The predicted molar refractivity (Wildman–Crippen MR) is 127 cm³/mol. The molecule has 2 aromatic carbocycles. The van der Waals surface area contributed by atoms with Gasteiger partial charge in [0.1, 0.15) is 35.0 Å². The molecule has 1 N–H and O–H groups in total. The number of ketones is 1. The summed E-state index contributed by atoms with van der Waals surface area (Å²) in [5.41, 5.74) is 2.68. The first-order valence-electron chi connectivity index (χ1n) is 10.3. The van der Waals surface area contributed by atoms with Crippen LogP contribution < -0.4 is 18.9 Å². The first-order valence-corrected chi connectivity index (χ1v) is 10.3. The van der Waals surface area contributed by atoms with Gasteiger partial charge in [-0.3, -0.25) is 4.79 Å². The van der Waals surface area contributed by atoms with Gasteiger partial charge in [0.2, 0.25) is 0 Å². The number of nitrogens with one attached hydrogen (secondary N) is 1. The third-order valence-corrected chi connectivity index (χ3v) is 4.92. The molecular formula is C26H24N4O5. The summed E-state index contributed by atoms with van der Waals surface area (Å²) in [5, 5.41) is 26.1. The highest BCUT2D eigenvalue weighted by Gasteiger charge is 2.18. The van der Waals surface area contributed by atoms with E-state index in [4.69, 9.17) is 34.7 Å². The van der Waals surface area contributed by atoms with Gasteiger partial charge in [0.15, 0.2) is 5.78 Å². The van der Waals surface area contributed by atoms with E-state index in [9.17, 15) is 4.79 Å². The van der Waals surface area contributed by atoms with E-state index in [0.717, 1.165) is 17.0 Å². The zero-order chi connectivity index (χ0) is 25.8. The Balaban J connectivity index is 0.000000247. The molecule has 1 heterocycles. The van der Waals surface area contributed by atoms with E-state index in [1.54, 1.807) is 56.8 Å². The van der Waals surface area contributed by atoms with Crippen LogP contribution in [0.3, 0.4) is 0 Å². The van der Waals surface area contributed by atoms with E-state index in [1.165, 1.54) is 14.2 Å². The third-order valence-electron chi connectivity index (χ3n) is 4.92. The second-order valence-electron chi connectivity index (χ2n) is 6.98. The number of nitrogens with zero attached hydrogens (tertiary/aromatic N) is 3. The smallest absolute Gasteiger partial charge is 0.168 e. The fraction of sp³-hybridized carbons (Fsp3) is 0.231. The summed E-state index contributed by atoms with van der Waals surface area (Å²) in [5.74, 6) is 1.13. The lowest BCUT2D eigenvalue weighted by atomic mass is 9.99. The SMILES string of the molecule is COc1ccc(-c2cc(C#N)c[nH]2)c(OC)c1.COc1ccc(C(=O)CC(C#N)C#N)c(OC)c1. The Kier molecular flexibility index (Phi) is 9.72. The van der Waals surface area contributed by atoms with Crippen molar-refractivity contribution in [3.05, 3.63) is 59.8 Å². The molecule has 0 atom stereocenters. The minimum atomic E-state index is -0.940. The van der Waals surface area contributed by atoms with Gasteiger partial charge < -0.3 is 23.9 Å². The molecular weight excluding hydrogens is 448 g/mol. The number of hydrogen-bond donors (Lipinski definition) is 1. The maximum Gasteiger partial charge on any atom is 0.168 e. The van der Waals surface area contributed by atoms with Crippen LogP contribution in [0.5, 0.6) is 23.0 Å². The summed E-state index contributed by atoms with van der Waals surface area (Å²) in [7, 11) is 6.17. The number of Topliss-reactive ketones (excluding diaryl/α,β-unsaturated/α-hetero) is 1. The van der Waals surface area contributed by atoms with E-state index in [-0.39, 0.29) is 12.2 Å². The van der Waals surface area contributed by atoms with Crippen molar-refractivity contribution in [2.24, 2.45) is 5.92 Å². The van der Waals surface area contributed by atoms with Crippen LogP contribution >= 0.6 is 0 Å². The first kappa shape index (κ1) is 26.3. The molecule has 0 amide bonds. The number of rotatable bonds is 8. The molecule has 0 saturated carbocycles. The van der Waals surface area contributed by atoms with Crippen LogP contribution in [0.2, 0.25) is 0 Å². The summed E-state index contributed by atoms with van der Waals surface area (Å²) in [6.07, 6.45) is 1.52. The summed E-state index contributed by atoms with van der Waals surface area (Å²) in [4.78, 5) is 15.0. The van der Waals surface area contributed by atoms with Crippen LogP contribution in [-0.4, -0.2) is 39.2 Å². The third kappa shape index (κ3) is 6.77. The number of aromatic nitrogens is 1. The molecule has 9 nitrogen and oxygen atoms in total. The molecule has 0 fully saturated rings. The Morgan fingerprint density at radius 3 is 1.97 bits per heavy atom.